The molecule has 0 aliphatic rings. The molecule has 2 rings (SSSR count). The predicted octanol–water partition coefficient (Wildman–Crippen LogP) is 4.99. The topological polar surface area (TPSA) is 65.0 Å². The molecule has 0 heterocycles. The highest BCUT2D eigenvalue weighted by atomic mass is 32.2. The summed E-state index contributed by atoms with van der Waals surface area (Å²) in [5, 5.41) is 9.27. The molecule has 146 valence electrons. The molecule has 2 aromatic rings. The van der Waals surface area contributed by atoms with E-state index in [4.69, 9.17) is 13.7 Å². The molecule has 2 aromatic carbocycles. The zero-order valence-corrected chi connectivity index (χ0v) is 16.8. The summed E-state index contributed by atoms with van der Waals surface area (Å²) in [7, 11) is 0. The van der Waals surface area contributed by atoms with Crippen LogP contribution >= 0.6 is 12.0 Å². The number of rotatable bonds is 11. The van der Waals surface area contributed by atoms with Crippen LogP contribution in [0.4, 0.5) is 0 Å². The zero-order valence-electron chi connectivity index (χ0n) is 15.9. The Morgan fingerprint density at radius 3 is 2.19 bits per heavy atom. The Labute approximate surface area is 164 Å². The van der Waals surface area contributed by atoms with Crippen molar-refractivity contribution in [3.8, 4) is 17.2 Å². The minimum Gasteiger partial charge on any atom is -0.494 e. The van der Waals surface area contributed by atoms with Gasteiger partial charge in [0, 0.05) is 6.26 Å². The van der Waals surface area contributed by atoms with Crippen LogP contribution in [0.2, 0.25) is 0 Å². The highest BCUT2D eigenvalue weighted by molar-refractivity contribution is 7.94. The molecule has 0 aliphatic carbocycles. The molecule has 0 saturated carbocycles. The standard InChI is InChI=1S/C21H26O5S/c1-4-21(2,20(22)23)25-18-13-11-17(12-14-18)24-15-5-6-16-7-9-19(10-8-16)26-27-3/h7-14H,4-6,15H2,1-3H3,(H,22,23). The molecule has 0 aliphatic heterocycles. The molecular formula is C21H26O5S. The van der Waals surface area contributed by atoms with Gasteiger partial charge in [-0.1, -0.05) is 19.1 Å². The molecule has 0 spiro atoms. The number of carboxylic acid groups (broad SMARTS) is 1. The van der Waals surface area contributed by atoms with E-state index < -0.39 is 11.6 Å². The lowest BCUT2D eigenvalue weighted by molar-refractivity contribution is -0.154. The van der Waals surface area contributed by atoms with Gasteiger partial charge in [-0.25, -0.2) is 4.79 Å². The number of hydrogen-bond acceptors (Lipinski definition) is 5. The molecule has 6 heteroatoms. The first-order valence-corrected chi connectivity index (χ1v) is 10.1. The van der Waals surface area contributed by atoms with Gasteiger partial charge in [0.2, 0.25) is 5.60 Å². The summed E-state index contributed by atoms with van der Waals surface area (Å²) in [5.41, 5.74) is 0.0158. The van der Waals surface area contributed by atoms with E-state index in [0.717, 1.165) is 24.3 Å². The van der Waals surface area contributed by atoms with Crippen molar-refractivity contribution >= 4 is 18.0 Å². The fourth-order valence-electron chi connectivity index (χ4n) is 2.41. The Balaban J connectivity index is 1.77. The first-order chi connectivity index (χ1) is 13.0. The highest BCUT2D eigenvalue weighted by Crippen LogP contribution is 2.24. The number of aliphatic carboxylic acids is 1. The SMILES string of the molecule is CCC(C)(Oc1ccc(OCCCc2ccc(OSC)cc2)cc1)C(=O)O. The van der Waals surface area contributed by atoms with E-state index in [1.54, 1.807) is 38.1 Å². The summed E-state index contributed by atoms with van der Waals surface area (Å²) >= 11 is 1.33. The van der Waals surface area contributed by atoms with Gasteiger partial charge < -0.3 is 18.8 Å². The normalized spacial score (nSPS) is 12.9. The van der Waals surface area contributed by atoms with E-state index in [1.807, 2.05) is 18.4 Å². The number of hydrogen-bond donors (Lipinski definition) is 1. The van der Waals surface area contributed by atoms with E-state index >= 15 is 0 Å². The van der Waals surface area contributed by atoms with Crippen LogP contribution in [0.5, 0.6) is 17.2 Å². The smallest absolute Gasteiger partial charge is 0.347 e. The monoisotopic (exact) mass is 390 g/mol. The maximum absolute atomic E-state index is 11.3. The molecule has 0 fully saturated rings. The maximum atomic E-state index is 11.3. The summed E-state index contributed by atoms with van der Waals surface area (Å²) in [6.45, 7) is 3.96. The lowest BCUT2D eigenvalue weighted by Crippen LogP contribution is -2.40. The van der Waals surface area contributed by atoms with E-state index in [2.05, 4.69) is 12.1 Å². The van der Waals surface area contributed by atoms with Crippen molar-refractivity contribution in [1.29, 1.82) is 0 Å². The molecule has 1 unspecified atom stereocenters. The fourth-order valence-corrected chi connectivity index (χ4v) is 2.71. The fraction of sp³-hybridized carbons (Fsp3) is 0.381. The van der Waals surface area contributed by atoms with Gasteiger partial charge in [0.1, 0.15) is 17.2 Å². The number of ether oxygens (including phenoxy) is 2. The minimum absolute atomic E-state index is 0.380. The summed E-state index contributed by atoms with van der Waals surface area (Å²) in [5.74, 6) is 1.13. The predicted molar refractivity (Wildman–Crippen MR) is 108 cm³/mol. The van der Waals surface area contributed by atoms with Crippen molar-refractivity contribution < 1.29 is 23.6 Å². The van der Waals surface area contributed by atoms with Crippen LogP contribution in [0.25, 0.3) is 0 Å². The highest BCUT2D eigenvalue weighted by Gasteiger charge is 2.33. The molecule has 1 N–H and O–H groups in total. The van der Waals surface area contributed by atoms with Crippen molar-refractivity contribution in [3.05, 3.63) is 54.1 Å². The van der Waals surface area contributed by atoms with E-state index in [0.29, 0.717) is 18.8 Å². The Bertz CT molecular complexity index is 714. The van der Waals surface area contributed by atoms with Crippen molar-refractivity contribution in [3.63, 3.8) is 0 Å². The molecule has 27 heavy (non-hydrogen) atoms. The van der Waals surface area contributed by atoms with Gasteiger partial charge in [-0.05, 0) is 68.1 Å². The van der Waals surface area contributed by atoms with E-state index in [-0.39, 0.29) is 0 Å². The summed E-state index contributed by atoms with van der Waals surface area (Å²) in [6.07, 6.45) is 4.09. The lowest BCUT2D eigenvalue weighted by atomic mass is 10.0. The van der Waals surface area contributed by atoms with Gasteiger partial charge in [-0.15, -0.1) is 0 Å². The number of benzene rings is 2. The van der Waals surface area contributed by atoms with Gasteiger partial charge in [-0.3, -0.25) is 0 Å². The molecule has 0 saturated heterocycles. The quantitative estimate of drug-likeness (QED) is 0.431. The Morgan fingerprint density at radius 1 is 1.04 bits per heavy atom. The van der Waals surface area contributed by atoms with Gasteiger partial charge in [0.25, 0.3) is 0 Å². The van der Waals surface area contributed by atoms with Gasteiger partial charge in [-0.2, -0.15) is 0 Å². The van der Waals surface area contributed by atoms with E-state index in [1.165, 1.54) is 17.6 Å². The molecule has 0 bridgehead atoms. The van der Waals surface area contributed by atoms with Crippen molar-refractivity contribution in [2.45, 2.75) is 38.7 Å². The third-order valence-corrected chi connectivity index (χ3v) is 4.63. The van der Waals surface area contributed by atoms with E-state index in [9.17, 15) is 9.90 Å². The van der Waals surface area contributed by atoms with Crippen LogP contribution in [-0.4, -0.2) is 29.5 Å². The van der Waals surface area contributed by atoms with Crippen molar-refractivity contribution in [2.75, 3.05) is 12.9 Å². The Kier molecular flexibility index (Phi) is 7.85. The molecule has 1 atom stereocenters. The first-order valence-electron chi connectivity index (χ1n) is 8.91. The number of carboxylic acids is 1. The number of carbonyl (C=O) groups is 1. The summed E-state index contributed by atoms with van der Waals surface area (Å²) < 4.78 is 16.7. The van der Waals surface area contributed by atoms with Crippen LogP contribution < -0.4 is 13.7 Å². The van der Waals surface area contributed by atoms with Crippen LogP contribution in [0.15, 0.2) is 48.5 Å². The van der Waals surface area contributed by atoms with Crippen LogP contribution in [-0.2, 0) is 11.2 Å². The lowest BCUT2D eigenvalue weighted by Gasteiger charge is -2.24. The Morgan fingerprint density at radius 2 is 1.63 bits per heavy atom. The van der Waals surface area contributed by atoms with Gasteiger partial charge in [0.05, 0.1) is 18.6 Å². The molecule has 0 amide bonds. The second-order valence-corrected chi connectivity index (χ2v) is 6.81. The molecule has 0 radical (unpaired) electrons. The van der Waals surface area contributed by atoms with Gasteiger partial charge >= 0.3 is 5.97 Å². The van der Waals surface area contributed by atoms with Crippen molar-refractivity contribution in [1.82, 2.24) is 0 Å². The van der Waals surface area contributed by atoms with Gasteiger partial charge in [0.15, 0.2) is 0 Å². The van der Waals surface area contributed by atoms with Crippen LogP contribution in [0.1, 0.15) is 32.3 Å². The average Bonchev–Trinajstić information content (AvgIpc) is 2.67. The van der Waals surface area contributed by atoms with Crippen molar-refractivity contribution in [2.24, 2.45) is 0 Å². The summed E-state index contributed by atoms with van der Waals surface area (Å²) in [4.78, 5) is 11.3. The minimum atomic E-state index is -1.22. The third kappa shape index (κ3) is 6.40. The second kappa shape index (κ2) is 10.1. The molecular weight excluding hydrogens is 364 g/mol. The van der Waals surface area contributed by atoms with Crippen LogP contribution in [0, 0.1) is 0 Å². The second-order valence-electron chi connectivity index (χ2n) is 6.31. The Hall–Kier alpha value is -2.34. The number of aryl methyl sites for hydroxylation is 1. The molecule has 0 aromatic heterocycles. The third-order valence-electron chi connectivity index (χ3n) is 4.28. The summed E-state index contributed by atoms with van der Waals surface area (Å²) in [6, 6.07) is 15.1. The van der Waals surface area contributed by atoms with Crippen LogP contribution in [0.3, 0.4) is 0 Å². The largest absolute Gasteiger partial charge is 0.494 e. The molecule has 5 nitrogen and oxygen atoms in total. The first kappa shape index (κ1) is 21.0. The average molecular weight is 391 g/mol. The zero-order chi connectivity index (χ0) is 19.7. The maximum Gasteiger partial charge on any atom is 0.347 e.